The molecule has 0 aliphatic carbocycles. The lowest BCUT2D eigenvalue weighted by Gasteiger charge is -2.03. The van der Waals surface area contributed by atoms with Crippen molar-refractivity contribution in [3.8, 4) is 0 Å². The van der Waals surface area contributed by atoms with Gasteiger partial charge in [-0.15, -0.1) is 11.8 Å². The second kappa shape index (κ2) is 7.31. The van der Waals surface area contributed by atoms with Crippen molar-refractivity contribution in [2.45, 2.75) is 17.7 Å². The largest absolute Gasteiger partial charge is 0.299 e. The number of ketones is 1. The van der Waals surface area contributed by atoms with Gasteiger partial charge in [-0.1, -0.05) is 12.1 Å². The Morgan fingerprint density at radius 3 is 2.61 bits per heavy atom. The molecule has 0 saturated carbocycles. The van der Waals surface area contributed by atoms with Gasteiger partial charge in [-0.05, 0) is 34.5 Å². The highest BCUT2D eigenvalue weighted by molar-refractivity contribution is 9.10. The number of hydrogen-bond acceptors (Lipinski definition) is 4. The number of hydrogen-bond donors (Lipinski definition) is 0. The molecule has 0 amide bonds. The topological polar surface area (TPSA) is 51.2 Å². The Balaban J connectivity index is 2.32. The lowest BCUT2D eigenvalue weighted by atomic mass is 10.2. The van der Waals surface area contributed by atoms with Crippen LogP contribution in [0.1, 0.15) is 12.8 Å². The molecule has 0 aliphatic heterocycles. The monoisotopic (exact) mass is 350 g/mol. The third-order valence-corrected chi connectivity index (χ3v) is 5.31. The van der Waals surface area contributed by atoms with Crippen molar-refractivity contribution in [1.29, 1.82) is 0 Å². The Morgan fingerprint density at radius 1 is 1.33 bits per heavy atom. The third-order valence-electron chi connectivity index (χ3n) is 2.20. The minimum atomic E-state index is -2.96. The first kappa shape index (κ1) is 15.7. The average molecular weight is 351 g/mol. The van der Waals surface area contributed by atoms with E-state index in [0.29, 0.717) is 18.6 Å². The fourth-order valence-electron chi connectivity index (χ4n) is 1.32. The van der Waals surface area contributed by atoms with Crippen LogP contribution in [0.4, 0.5) is 0 Å². The molecule has 6 heteroatoms. The van der Waals surface area contributed by atoms with Crippen LogP contribution in [0.15, 0.2) is 33.6 Å². The lowest BCUT2D eigenvalue weighted by Crippen LogP contribution is -2.07. The second-order valence-electron chi connectivity index (χ2n) is 3.99. The molecule has 0 atom stereocenters. The van der Waals surface area contributed by atoms with E-state index in [9.17, 15) is 13.2 Å². The fraction of sp³-hybridized carbons (Fsp3) is 0.417. The van der Waals surface area contributed by atoms with E-state index in [2.05, 4.69) is 15.9 Å². The first-order valence-corrected chi connectivity index (χ1v) is 9.29. The maximum atomic E-state index is 11.6. The lowest BCUT2D eigenvalue weighted by molar-refractivity contribution is -0.116. The summed E-state index contributed by atoms with van der Waals surface area (Å²) in [4.78, 5) is 12.6. The fourth-order valence-corrected chi connectivity index (χ4v) is 3.46. The van der Waals surface area contributed by atoms with E-state index in [1.165, 1.54) is 18.0 Å². The Morgan fingerprint density at radius 2 is 2.00 bits per heavy atom. The minimum absolute atomic E-state index is 0.0818. The van der Waals surface area contributed by atoms with E-state index in [0.717, 1.165) is 9.37 Å². The maximum absolute atomic E-state index is 11.6. The van der Waals surface area contributed by atoms with Gasteiger partial charge in [-0.3, -0.25) is 4.79 Å². The van der Waals surface area contributed by atoms with Crippen LogP contribution in [0.2, 0.25) is 0 Å². The molecule has 100 valence electrons. The summed E-state index contributed by atoms with van der Waals surface area (Å²) < 4.78 is 22.8. The molecular formula is C12H15BrO3S2. The number of halogens is 1. The van der Waals surface area contributed by atoms with Crippen molar-refractivity contribution in [3.63, 3.8) is 0 Å². The van der Waals surface area contributed by atoms with Crippen molar-refractivity contribution in [3.05, 3.63) is 28.7 Å². The smallest absolute Gasteiger partial charge is 0.147 e. The zero-order valence-corrected chi connectivity index (χ0v) is 13.3. The van der Waals surface area contributed by atoms with Crippen molar-refractivity contribution in [2.75, 3.05) is 17.8 Å². The highest BCUT2D eigenvalue weighted by atomic mass is 79.9. The normalized spacial score (nSPS) is 11.4. The summed E-state index contributed by atoms with van der Waals surface area (Å²) in [7, 11) is -2.96. The number of benzene rings is 1. The molecule has 0 fully saturated rings. The van der Waals surface area contributed by atoms with Crippen LogP contribution in [0.5, 0.6) is 0 Å². The molecule has 0 aliphatic rings. The van der Waals surface area contributed by atoms with Crippen LogP contribution >= 0.6 is 27.7 Å². The van der Waals surface area contributed by atoms with Gasteiger partial charge in [-0.25, -0.2) is 8.42 Å². The number of carbonyl (C=O) groups is 1. The molecule has 0 heterocycles. The van der Waals surface area contributed by atoms with Gasteiger partial charge in [0.25, 0.3) is 0 Å². The van der Waals surface area contributed by atoms with Crippen molar-refractivity contribution < 1.29 is 13.2 Å². The zero-order valence-electron chi connectivity index (χ0n) is 10.1. The quantitative estimate of drug-likeness (QED) is 0.709. The molecule has 1 aromatic carbocycles. The van der Waals surface area contributed by atoms with Gasteiger partial charge in [0.15, 0.2) is 0 Å². The van der Waals surface area contributed by atoms with Crippen LogP contribution in [0.3, 0.4) is 0 Å². The Labute approximate surface area is 120 Å². The number of Topliss-reactive ketones (excluding diaryl/α,β-unsaturated/α-hetero) is 1. The van der Waals surface area contributed by atoms with E-state index in [1.807, 2.05) is 24.3 Å². The molecular weight excluding hydrogens is 336 g/mol. The Hall–Kier alpha value is -0.330. The predicted octanol–water partition coefficient (Wildman–Crippen LogP) is 2.94. The van der Waals surface area contributed by atoms with Crippen LogP contribution in [0, 0.1) is 0 Å². The van der Waals surface area contributed by atoms with Crippen molar-refractivity contribution >= 4 is 43.3 Å². The Bertz CT molecular complexity index is 512. The molecule has 0 aromatic heterocycles. The van der Waals surface area contributed by atoms with Gasteiger partial charge >= 0.3 is 0 Å². The molecule has 0 saturated heterocycles. The van der Waals surface area contributed by atoms with Crippen molar-refractivity contribution in [2.24, 2.45) is 0 Å². The van der Waals surface area contributed by atoms with Gasteiger partial charge in [0.2, 0.25) is 0 Å². The van der Waals surface area contributed by atoms with Crippen LogP contribution in [-0.4, -0.2) is 32.0 Å². The molecule has 1 rings (SSSR count). The van der Waals surface area contributed by atoms with Crippen LogP contribution < -0.4 is 0 Å². The van der Waals surface area contributed by atoms with Gasteiger partial charge in [0.05, 0.1) is 11.5 Å². The van der Waals surface area contributed by atoms with Crippen molar-refractivity contribution in [1.82, 2.24) is 0 Å². The Kier molecular flexibility index (Phi) is 6.38. The van der Waals surface area contributed by atoms with Gasteiger partial charge in [0.1, 0.15) is 15.6 Å². The maximum Gasteiger partial charge on any atom is 0.147 e. The highest BCUT2D eigenvalue weighted by Crippen LogP contribution is 2.27. The second-order valence-corrected chi connectivity index (χ2v) is 8.12. The van der Waals surface area contributed by atoms with E-state index >= 15 is 0 Å². The molecule has 0 N–H and O–H groups in total. The SMILES string of the molecule is CS(=O)(=O)CCCC(=O)CSc1ccccc1Br. The third kappa shape index (κ3) is 6.56. The number of carbonyl (C=O) groups excluding carboxylic acids is 1. The molecule has 1 aromatic rings. The summed E-state index contributed by atoms with van der Waals surface area (Å²) in [5.41, 5.74) is 0. The summed E-state index contributed by atoms with van der Waals surface area (Å²) in [5, 5.41) is 0. The molecule has 3 nitrogen and oxygen atoms in total. The molecule has 18 heavy (non-hydrogen) atoms. The van der Waals surface area contributed by atoms with E-state index in [4.69, 9.17) is 0 Å². The van der Waals surface area contributed by atoms with E-state index < -0.39 is 9.84 Å². The number of sulfone groups is 1. The standard InChI is InChI=1S/C12H15BrO3S2/c1-18(15,16)8-4-5-10(14)9-17-12-7-3-2-6-11(12)13/h2-3,6-7H,4-5,8-9H2,1H3. The highest BCUT2D eigenvalue weighted by Gasteiger charge is 2.08. The first-order valence-electron chi connectivity index (χ1n) is 5.45. The summed E-state index contributed by atoms with van der Waals surface area (Å²) >= 11 is 4.88. The van der Waals surface area contributed by atoms with E-state index in [-0.39, 0.29) is 11.5 Å². The predicted molar refractivity (Wildman–Crippen MR) is 78.8 cm³/mol. The summed E-state index contributed by atoms with van der Waals surface area (Å²) in [6.07, 6.45) is 1.92. The number of thioether (sulfide) groups is 1. The summed E-state index contributed by atoms with van der Waals surface area (Å²) in [6.45, 7) is 0. The molecule has 0 unspecified atom stereocenters. The molecule has 0 spiro atoms. The minimum Gasteiger partial charge on any atom is -0.299 e. The van der Waals surface area contributed by atoms with E-state index in [1.54, 1.807) is 0 Å². The van der Waals surface area contributed by atoms with Gasteiger partial charge in [0, 0.05) is 22.0 Å². The summed E-state index contributed by atoms with van der Waals surface area (Å²) in [6, 6.07) is 7.71. The van der Waals surface area contributed by atoms with Gasteiger partial charge < -0.3 is 0 Å². The summed E-state index contributed by atoms with van der Waals surface area (Å²) in [5.74, 6) is 0.546. The van der Waals surface area contributed by atoms with Crippen LogP contribution in [0.25, 0.3) is 0 Å². The molecule has 0 bridgehead atoms. The average Bonchev–Trinajstić information content (AvgIpc) is 2.26. The van der Waals surface area contributed by atoms with Crippen LogP contribution in [-0.2, 0) is 14.6 Å². The first-order chi connectivity index (χ1) is 8.38. The number of rotatable bonds is 7. The zero-order chi connectivity index (χ0) is 13.6. The molecule has 0 radical (unpaired) electrons. The van der Waals surface area contributed by atoms with Gasteiger partial charge in [-0.2, -0.15) is 0 Å².